The van der Waals surface area contributed by atoms with Crippen molar-refractivity contribution in [2.24, 2.45) is 0 Å². The predicted octanol–water partition coefficient (Wildman–Crippen LogP) is 3.43. The Bertz CT molecular complexity index is 827. The van der Waals surface area contributed by atoms with Gasteiger partial charge in [-0.25, -0.2) is 8.78 Å². The zero-order chi connectivity index (χ0) is 18.7. The highest BCUT2D eigenvalue weighted by molar-refractivity contribution is 6.30. The van der Waals surface area contributed by atoms with E-state index in [-0.39, 0.29) is 35.7 Å². The molecule has 1 heterocycles. The monoisotopic (exact) mass is 378 g/mol. The van der Waals surface area contributed by atoms with E-state index < -0.39 is 11.9 Å². The lowest BCUT2D eigenvalue weighted by atomic mass is 10.1. The van der Waals surface area contributed by atoms with Crippen LogP contribution in [0.15, 0.2) is 42.5 Å². The molecule has 26 heavy (non-hydrogen) atoms. The molecule has 0 saturated carbocycles. The third kappa shape index (κ3) is 4.19. The minimum Gasteiger partial charge on any atom is -0.350 e. The van der Waals surface area contributed by atoms with Crippen molar-refractivity contribution >= 4 is 23.4 Å². The van der Waals surface area contributed by atoms with E-state index in [0.29, 0.717) is 18.4 Å². The fraction of sp³-hybridized carbons (Fsp3) is 0.263. The number of hydrogen-bond donors (Lipinski definition) is 1. The molecule has 1 aliphatic rings. The number of carbonyl (C=O) groups is 2. The lowest BCUT2D eigenvalue weighted by molar-refractivity contribution is -0.135. The summed E-state index contributed by atoms with van der Waals surface area (Å²) in [6, 6.07) is 9.48. The lowest BCUT2D eigenvalue weighted by Crippen LogP contribution is -2.44. The van der Waals surface area contributed by atoms with Crippen molar-refractivity contribution in [2.45, 2.75) is 32.0 Å². The van der Waals surface area contributed by atoms with Gasteiger partial charge in [0.1, 0.15) is 17.7 Å². The first-order valence-corrected chi connectivity index (χ1v) is 8.57. The summed E-state index contributed by atoms with van der Waals surface area (Å²) in [6.07, 6.45) is 0.720. The van der Waals surface area contributed by atoms with Crippen LogP contribution >= 0.6 is 11.6 Å². The molecule has 2 amide bonds. The molecule has 1 saturated heterocycles. The molecule has 1 atom stereocenters. The van der Waals surface area contributed by atoms with Gasteiger partial charge in [0.05, 0.1) is 5.02 Å². The van der Waals surface area contributed by atoms with E-state index in [9.17, 15) is 18.4 Å². The van der Waals surface area contributed by atoms with Gasteiger partial charge in [0.2, 0.25) is 11.8 Å². The van der Waals surface area contributed by atoms with Gasteiger partial charge in [-0.05, 0) is 41.8 Å². The van der Waals surface area contributed by atoms with Crippen molar-refractivity contribution in [1.29, 1.82) is 0 Å². The number of amides is 2. The van der Waals surface area contributed by atoms with E-state index in [0.717, 1.165) is 5.56 Å². The molecule has 1 aliphatic heterocycles. The Balaban J connectivity index is 1.64. The number of carbonyl (C=O) groups excluding carboxylic acids is 2. The van der Waals surface area contributed by atoms with Gasteiger partial charge in [-0.2, -0.15) is 0 Å². The van der Waals surface area contributed by atoms with Crippen LogP contribution in [0.5, 0.6) is 0 Å². The highest BCUT2D eigenvalue weighted by Gasteiger charge is 2.35. The van der Waals surface area contributed by atoms with Crippen molar-refractivity contribution in [3.05, 3.63) is 70.2 Å². The molecule has 3 rings (SSSR count). The zero-order valence-electron chi connectivity index (χ0n) is 13.8. The number of benzene rings is 2. The van der Waals surface area contributed by atoms with Crippen LogP contribution in [-0.4, -0.2) is 22.8 Å². The Morgan fingerprint density at radius 1 is 1.15 bits per heavy atom. The SMILES string of the molecule is O=C(NCc1ccc(F)c(Cl)c1)C1CCC(=O)N1Cc1ccc(F)cc1. The third-order valence-electron chi connectivity index (χ3n) is 4.35. The molecule has 1 N–H and O–H groups in total. The number of hydrogen-bond acceptors (Lipinski definition) is 2. The van der Waals surface area contributed by atoms with Gasteiger partial charge in [0, 0.05) is 19.5 Å². The predicted molar refractivity (Wildman–Crippen MR) is 93.2 cm³/mol. The first-order chi connectivity index (χ1) is 12.4. The average Bonchev–Trinajstić information content (AvgIpc) is 2.98. The summed E-state index contributed by atoms with van der Waals surface area (Å²) in [4.78, 5) is 26.1. The second-order valence-electron chi connectivity index (χ2n) is 6.17. The van der Waals surface area contributed by atoms with E-state index in [1.54, 1.807) is 12.1 Å². The van der Waals surface area contributed by atoms with Gasteiger partial charge in [-0.3, -0.25) is 9.59 Å². The first kappa shape index (κ1) is 18.3. The van der Waals surface area contributed by atoms with Crippen molar-refractivity contribution in [1.82, 2.24) is 10.2 Å². The van der Waals surface area contributed by atoms with Crippen molar-refractivity contribution in [3.63, 3.8) is 0 Å². The first-order valence-electron chi connectivity index (χ1n) is 8.19. The second kappa shape index (κ2) is 7.83. The van der Waals surface area contributed by atoms with Crippen LogP contribution in [0.1, 0.15) is 24.0 Å². The highest BCUT2D eigenvalue weighted by Crippen LogP contribution is 2.22. The molecule has 0 bridgehead atoms. The van der Waals surface area contributed by atoms with Crippen molar-refractivity contribution in [3.8, 4) is 0 Å². The molecule has 4 nitrogen and oxygen atoms in total. The lowest BCUT2D eigenvalue weighted by Gasteiger charge is -2.24. The van der Waals surface area contributed by atoms with E-state index in [1.165, 1.54) is 35.2 Å². The van der Waals surface area contributed by atoms with E-state index in [4.69, 9.17) is 11.6 Å². The maximum atomic E-state index is 13.2. The fourth-order valence-corrected chi connectivity index (χ4v) is 3.15. The Morgan fingerprint density at radius 3 is 2.54 bits per heavy atom. The highest BCUT2D eigenvalue weighted by atomic mass is 35.5. The minimum absolute atomic E-state index is 0.00858. The maximum Gasteiger partial charge on any atom is 0.243 e. The van der Waals surface area contributed by atoms with Crippen LogP contribution in [0.3, 0.4) is 0 Å². The molecule has 1 unspecified atom stereocenters. The molecule has 136 valence electrons. The average molecular weight is 379 g/mol. The number of rotatable bonds is 5. The standard InChI is InChI=1S/C19H17ClF2N2O2/c20-15-9-13(3-6-16(15)22)10-23-19(26)17-7-8-18(25)24(17)11-12-1-4-14(21)5-2-12/h1-6,9,17H,7-8,10-11H2,(H,23,26). The molecule has 0 aliphatic carbocycles. The van der Waals surface area contributed by atoms with Crippen LogP contribution in [0.25, 0.3) is 0 Å². The normalized spacial score (nSPS) is 16.8. The third-order valence-corrected chi connectivity index (χ3v) is 4.64. The van der Waals surface area contributed by atoms with Gasteiger partial charge in [-0.15, -0.1) is 0 Å². The summed E-state index contributed by atoms with van der Waals surface area (Å²) in [5.41, 5.74) is 1.42. The molecular weight excluding hydrogens is 362 g/mol. The summed E-state index contributed by atoms with van der Waals surface area (Å²) >= 11 is 5.73. The number of halogens is 3. The van der Waals surface area contributed by atoms with Gasteiger partial charge in [0.15, 0.2) is 0 Å². The van der Waals surface area contributed by atoms with E-state index in [1.807, 2.05) is 0 Å². The van der Waals surface area contributed by atoms with E-state index in [2.05, 4.69) is 5.32 Å². The smallest absolute Gasteiger partial charge is 0.243 e. The quantitative estimate of drug-likeness (QED) is 0.866. The van der Waals surface area contributed by atoms with Crippen LogP contribution in [0.4, 0.5) is 8.78 Å². The van der Waals surface area contributed by atoms with Crippen molar-refractivity contribution in [2.75, 3.05) is 0 Å². The summed E-state index contributed by atoms with van der Waals surface area (Å²) in [7, 11) is 0. The van der Waals surface area contributed by atoms with Crippen molar-refractivity contribution < 1.29 is 18.4 Å². The van der Waals surface area contributed by atoms with Gasteiger partial charge in [0.25, 0.3) is 0 Å². The van der Waals surface area contributed by atoms with Gasteiger partial charge >= 0.3 is 0 Å². The molecule has 1 fully saturated rings. The summed E-state index contributed by atoms with van der Waals surface area (Å²) < 4.78 is 26.2. The minimum atomic E-state index is -0.580. The van der Waals surface area contributed by atoms with E-state index >= 15 is 0 Å². The molecular formula is C19H17ClF2N2O2. The Hall–Kier alpha value is -2.47. The Kier molecular flexibility index (Phi) is 5.52. The fourth-order valence-electron chi connectivity index (χ4n) is 2.95. The number of nitrogens with one attached hydrogen (secondary N) is 1. The number of nitrogens with zero attached hydrogens (tertiary/aromatic N) is 1. The maximum absolute atomic E-state index is 13.2. The van der Waals surface area contributed by atoms with Gasteiger partial charge in [-0.1, -0.05) is 29.8 Å². The van der Waals surface area contributed by atoms with Crippen LogP contribution in [-0.2, 0) is 22.7 Å². The summed E-state index contributed by atoms with van der Waals surface area (Å²) in [6.45, 7) is 0.438. The molecule has 0 radical (unpaired) electrons. The Labute approximate surface area is 154 Å². The molecule has 0 aromatic heterocycles. The second-order valence-corrected chi connectivity index (χ2v) is 6.58. The molecule has 0 spiro atoms. The Morgan fingerprint density at radius 2 is 1.85 bits per heavy atom. The van der Waals surface area contributed by atoms with Crippen LogP contribution < -0.4 is 5.32 Å². The van der Waals surface area contributed by atoms with Crippen LogP contribution in [0.2, 0.25) is 5.02 Å². The van der Waals surface area contributed by atoms with Gasteiger partial charge < -0.3 is 10.2 Å². The molecule has 2 aromatic rings. The largest absolute Gasteiger partial charge is 0.350 e. The number of likely N-dealkylation sites (tertiary alicyclic amines) is 1. The molecule has 7 heteroatoms. The zero-order valence-corrected chi connectivity index (χ0v) is 14.6. The topological polar surface area (TPSA) is 49.4 Å². The summed E-state index contributed by atoms with van der Waals surface area (Å²) in [5.74, 6) is -1.26. The molecule has 2 aromatic carbocycles. The summed E-state index contributed by atoms with van der Waals surface area (Å²) in [5, 5.41) is 2.75. The van der Waals surface area contributed by atoms with Crippen LogP contribution in [0, 0.1) is 11.6 Å².